The third-order valence-corrected chi connectivity index (χ3v) is 2.42. The van der Waals surface area contributed by atoms with E-state index in [1.165, 1.54) is 0 Å². The van der Waals surface area contributed by atoms with E-state index in [1.54, 1.807) is 0 Å². The number of hydrogen-bond acceptors (Lipinski definition) is 3. The summed E-state index contributed by atoms with van der Waals surface area (Å²) in [6, 6.07) is 7.54. The highest BCUT2D eigenvalue weighted by Crippen LogP contribution is 2.30. The molecule has 1 aliphatic rings. The Labute approximate surface area is 94.6 Å². The number of carbonyl (C=O) groups excluding carboxylic acids is 1. The first-order chi connectivity index (χ1) is 7.79. The van der Waals surface area contributed by atoms with Gasteiger partial charge in [0, 0.05) is 6.42 Å². The molecule has 0 fully saturated rings. The Morgan fingerprint density at radius 2 is 2.19 bits per heavy atom. The summed E-state index contributed by atoms with van der Waals surface area (Å²) < 4.78 is 11.2. The molecule has 86 valence electrons. The normalized spacial score (nSPS) is 17.9. The Hall–Kier alpha value is -1.71. The van der Waals surface area contributed by atoms with Gasteiger partial charge in [-0.3, -0.25) is 4.79 Å². The number of para-hydroxylation sites is 2. The number of fused-ring (bicyclic) bond motifs is 1. The summed E-state index contributed by atoms with van der Waals surface area (Å²) in [6.45, 7) is 2.78. The maximum absolute atomic E-state index is 11.1. The molecule has 0 radical (unpaired) electrons. The van der Waals surface area contributed by atoms with Gasteiger partial charge in [-0.05, 0) is 12.1 Å². The zero-order valence-corrected chi connectivity index (χ0v) is 9.23. The second kappa shape index (κ2) is 4.88. The number of rotatable bonds is 3. The van der Waals surface area contributed by atoms with Crippen molar-refractivity contribution in [3.05, 3.63) is 24.3 Å². The molecule has 1 amide bonds. The van der Waals surface area contributed by atoms with E-state index in [1.807, 2.05) is 31.2 Å². The zero-order valence-electron chi connectivity index (χ0n) is 9.23. The Morgan fingerprint density at radius 3 is 2.94 bits per heavy atom. The van der Waals surface area contributed by atoms with Gasteiger partial charge in [0.15, 0.2) is 11.5 Å². The van der Waals surface area contributed by atoms with Crippen LogP contribution in [0.4, 0.5) is 0 Å². The third-order valence-electron chi connectivity index (χ3n) is 2.42. The summed E-state index contributed by atoms with van der Waals surface area (Å²) in [7, 11) is 0. The molecule has 1 atom stereocenters. The molecular weight excluding hydrogens is 206 g/mol. The first kappa shape index (κ1) is 10.8. The topological polar surface area (TPSA) is 47.6 Å². The van der Waals surface area contributed by atoms with Crippen molar-refractivity contribution in [1.29, 1.82) is 0 Å². The van der Waals surface area contributed by atoms with E-state index in [9.17, 15) is 4.79 Å². The summed E-state index contributed by atoms with van der Waals surface area (Å²) in [6.07, 6.45) is 0.384. The maximum atomic E-state index is 11.1. The molecule has 4 nitrogen and oxygen atoms in total. The van der Waals surface area contributed by atoms with Crippen LogP contribution in [0.25, 0.3) is 0 Å². The van der Waals surface area contributed by atoms with Crippen LogP contribution in [0.15, 0.2) is 24.3 Å². The van der Waals surface area contributed by atoms with Gasteiger partial charge in [-0.1, -0.05) is 19.1 Å². The van der Waals surface area contributed by atoms with E-state index in [0.29, 0.717) is 19.6 Å². The molecular formula is C12H15NO3. The van der Waals surface area contributed by atoms with Gasteiger partial charge < -0.3 is 14.8 Å². The van der Waals surface area contributed by atoms with Crippen LogP contribution in [-0.4, -0.2) is 25.2 Å². The molecule has 0 spiro atoms. The van der Waals surface area contributed by atoms with Crippen molar-refractivity contribution in [2.75, 3.05) is 13.2 Å². The number of hydrogen-bond donors (Lipinski definition) is 1. The minimum atomic E-state index is -0.106. The van der Waals surface area contributed by atoms with E-state index in [0.717, 1.165) is 11.5 Å². The van der Waals surface area contributed by atoms with Gasteiger partial charge in [0.05, 0.1) is 6.54 Å². The van der Waals surface area contributed by atoms with Gasteiger partial charge in [-0.25, -0.2) is 0 Å². The molecule has 1 N–H and O–H groups in total. The third kappa shape index (κ3) is 2.45. The second-order valence-corrected chi connectivity index (χ2v) is 3.66. The van der Waals surface area contributed by atoms with Crippen LogP contribution in [0, 0.1) is 0 Å². The van der Waals surface area contributed by atoms with Crippen molar-refractivity contribution in [1.82, 2.24) is 5.32 Å². The molecule has 2 rings (SSSR count). The fourth-order valence-electron chi connectivity index (χ4n) is 1.52. The summed E-state index contributed by atoms with van der Waals surface area (Å²) >= 11 is 0. The molecule has 1 unspecified atom stereocenters. The molecule has 0 saturated heterocycles. The van der Waals surface area contributed by atoms with E-state index in [-0.39, 0.29) is 12.0 Å². The van der Waals surface area contributed by atoms with E-state index in [2.05, 4.69) is 5.32 Å². The van der Waals surface area contributed by atoms with Crippen molar-refractivity contribution in [3.8, 4) is 11.5 Å². The number of benzene rings is 1. The van der Waals surface area contributed by atoms with Crippen molar-refractivity contribution in [2.24, 2.45) is 0 Å². The van der Waals surface area contributed by atoms with E-state index >= 15 is 0 Å². The van der Waals surface area contributed by atoms with E-state index < -0.39 is 0 Å². The minimum Gasteiger partial charge on any atom is -0.486 e. The summed E-state index contributed by atoms with van der Waals surface area (Å²) in [5.41, 5.74) is 0. The van der Waals surface area contributed by atoms with Crippen LogP contribution >= 0.6 is 0 Å². The standard InChI is InChI=1S/C12H15NO3/c1-2-12(14)13-7-9-8-15-10-5-3-4-6-11(10)16-9/h3-6,9H,2,7-8H2,1H3,(H,13,14). The quantitative estimate of drug-likeness (QED) is 0.838. The van der Waals surface area contributed by atoms with Crippen molar-refractivity contribution < 1.29 is 14.3 Å². The SMILES string of the molecule is CCC(=O)NCC1COc2ccccc2O1. The minimum absolute atomic E-state index is 0.0301. The van der Waals surface area contributed by atoms with Crippen LogP contribution in [0.1, 0.15) is 13.3 Å². The molecule has 1 heterocycles. The molecule has 0 saturated carbocycles. The smallest absolute Gasteiger partial charge is 0.219 e. The molecule has 4 heteroatoms. The lowest BCUT2D eigenvalue weighted by molar-refractivity contribution is -0.121. The Bertz CT molecular complexity index is 378. The van der Waals surface area contributed by atoms with Crippen molar-refractivity contribution in [2.45, 2.75) is 19.4 Å². The van der Waals surface area contributed by atoms with E-state index in [4.69, 9.17) is 9.47 Å². The average Bonchev–Trinajstić information content (AvgIpc) is 2.35. The molecule has 0 aliphatic carbocycles. The summed E-state index contributed by atoms with van der Waals surface area (Å²) in [5, 5.41) is 2.79. The van der Waals surface area contributed by atoms with Crippen LogP contribution in [0.3, 0.4) is 0 Å². The number of amides is 1. The predicted octanol–water partition coefficient (Wildman–Crippen LogP) is 1.35. The number of ether oxygens (including phenoxy) is 2. The summed E-state index contributed by atoms with van der Waals surface area (Å²) in [4.78, 5) is 11.1. The van der Waals surface area contributed by atoms with Crippen LogP contribution in [0.2, 0.25) is 0 Å². The highest BCUT2D eigenvalue weighted by molar-refractivity contribution is 5.75. The fraction of sp³-hybridized carbons (Fsp3) is 0.417. The largest absolute Gasteiger partial charge is 0.486 e. The molecule has 1 aromatic carbocycles. The number of carbonyl (C=O) groups is 1. The Kier molecular flexibility index (Phi) is 3.29. The molecule has 1 aliphatic heterocycles. The average molecular weight is 221 g/mol. The molecule has 0 bridgehead atoms. The van der Waals surface area contributed by atoms with Crippen molar-refractivity contribution in [3.63, 3.8) is 0 Å². The first-order valence-corrected chi connectivity index (χ1v) is 5.44. The first-order valence-electron chi connectivity index (χ1n) is 5.44. The van der Waals surface area contributed by atoms with Gasteiger partial charge in [-0.2, -0.15) is 0 Å². The monoisotopic (exact) mass is 221 g/mol. The highest BCUT2D eigenvalue weighted by atomic mass is 16.6. The lowest BCUT2D eigenvalue weighted by atomic mass is 10.2. The van der Waals surface area contributed by atoms with Crippen LogP contribution < -0.4 is 14.8 Å². The van der Waals surface area contributed by atoms with Gasteiger partial charge in [0.1, 0.15) is 12.7 Å². The zero-order chi connectivity index (χ0) is 11.4. The molecule has 0 aromatic heterocycles. The van der Waals surface area contributed by atoms with Gasteiger partial charge in [-0.15, -0.1) is 0 Å². The Morgan fingerprint density at radius 1 is 1.44 bits per heavy atom. The lowest BCUT2D eigenvalue weighted by Gasteiger charge is -2.26. The maximum Gasteiger partial charge on any atom is 0.219 e. The van der Waals surface area contributed by atoms with Crippen LogP contribution in [0.5, 0.6) is 11.5 Å². The molecule has 1 aromatic rings. The van der Waals surface area contributed by atoms with Gasteiger partial charge >= 0.3 is 0 Å². The predicted molar refractivity (Wildman–Crippen MR) is 59.7 cm³/mol. The Balaban J connectivity index is 1.90. The van der Waals surface area contributed by atoms with Crippen molar-refractivity contribution >= 4 is 5.91 Å². The van der Waals surface area contributed by atoms with Gasteiger partial charge in [0.2, 0.25) is 5.91 Å². The lowest BCUT2D eigenvalue weighted by Crippen LogP contribution is -2.40. The van der Waals surface area contributed by atoms with Crippen LogP contribution in [-0.2, 0) is 4.79 Å². The molecule has 16 heavy (non-hydrogen) atoms. The fourth-order valence-corrected chi connectivity index (χ4v) is 1.52. The summed E-state index contributed by atoms with van der Waals surface area (Å²) in [5.74, 6) is 1.53. The highest BCUT2D eigenvalue weighted by Gasteiger charge is 2.20. The van der Waals surface area contributed by atoms with Gasteiger partial charge in [0.25, 0.3) is 0 Å². The number of nitrogens with one attached hydrogen (secondary N) is 1. The second-order valence-electron chi connectivity index (χ2n) is 3.66.